The second-order valence-corrected chi connectivity index (χ2v) is 9.17. The van der Waals surface area contributed by atoms with E-state index in [1.807, 2.05) is 20.8 Å². The lowest BCUT2D eigenvalue weighted by Crippen LogP contribution is -2.29. The number of para-hydroxylation sites is 1. The van der Waals surface area contributed by atoms with Gasteiger partial charge >= 0.3 is 16.2 Å². The maximum atomic E-state index is 13.2. The van der Waals surface area contributed by atoms with Gasteiger partial charge in [-0.1, -0.05) is 13.0 Å². The molecule has 0 aliphatic carbocycles. The lowest BCUT2D eigenvalue weighted by molar-refractivity contribution is 0.0697. The van der Waals surface area contributed by atoms with E-state index in [9.17, 15) is 18.3 Å². The zero-order valence-electron chi connectivity index (χ0n) is 17.4. The van der Waals surface area contributed by atoms with Gasteiger partial charge < -0.3 is 9.84 Å². The van der Waals surface area contributed by atoms with Crippen LogP contribution in [-0.2, 0) is 16.6 Å². The molecule has 1 aromatic carbocycles. The van der Waals surface area contributed by atoms with Crippen molar-refractivity contribution in [1.82, 2.24) is 18.2 Å². The highest BCUT2D eigenvalue weighted by Crippen LogP contribution is 2.33. The van der Waals surface area contributed by atoms with Gasteiger partial charge in [0.1, 0.15) is 17.0 Å². The van der Waals surface area contributed by atoms with Crippen molar-refractivity contribution < 1.29 is 23.1 Å². The van der Waals surface area contributed by atoms with E-state index < -0.39 is 16.2 Å². The average Bonchev–Trinajstić information content (AvgIpc) is 3.08. The first-order chi connectivity index (χ1) is 14.1. The molecule has 2 heterocycles. The average molecular weight is 433 g/mol. The van der Waals surface area contributed by atoms with Crippen LogP contribution in [0.4, 0.5) is 0 Å². The third-order valence-electron chi connectivity index (χ3n) is 4.46. The number of ether oxygens (including phenoxy) is 1. The first-order valence-electron chi connectivity index (χ1n) is 9.41. The quantitative estimate of drug-likeness (QED) is 0.610. The number of nitrogens with zero attached hydrogens (tertiary/aromatic N) is 4. The minimum Gasteiger partial charge on any atom is -0.489 e. The third kappa shape index (κ3) is 3.75. The predicted octanol–water partition coefficient (Wildman–Crippen LogP) is 2.80. The van der Waals surface area contributed by atoms with Crippen molar-refractivity contribution in [3.05, 3.63) is 41.6 Å². The summed E-state index contributed by atoms with van der Waals surface area (Å²) in [6, 6.07) is 6.44. The minimum atomic E-state index is -4.04. The first-order valence-corrected chi connectivity index (χ1v) is 10.8. The normalized spacial score (nSPS) is 12.1. The molecule has 0 aliphatic rings. The van der Waals surface area contributed by atoms with Crippen LogP contribution < -0.4 is 4.74 Å². The fraction of sp³-hybridized carbons (Fsp3) is 0.350. The van der Waals surface area contributed by atoms with Gasteiger partial charge in [0, 0.05) is 20.3 Å². The standard InChI is InChI=1S/C20H24N4O5S/c1-6-13-10-14(20(25)26)17(21-11-13)19-22-18-15(24(19)30(27,28)23(4)5)8-7-9-16(18)29-12(2)3/h7-12H,6H2,1-5H3,(H,25,26). The Morgan fingerprint density at radius 1 is 1.30 bits per heavy atom. The van der Waals surface area contributed by atoms with Crippen LogP contribution in [-0.4, -0.2) is 57.9 Å². The van der Waals surface area contributed by atoms with Gasteiger partial charge in [-0.25, -0.2) is 13.8 Å². The molecule has 0 spiro atoms. The molecule has 0 radical (unpaired) electrons. The number of carboxylic acid groups (broad SMARTS) is 1. The molecule has 0 bridgehead atoms. The van der Waals surface area contributed by atoms with Crippen LogP contribution in [0, 0.1) is 0 Å². The van der Waals surface area contributed by atoms with E-state index in [2.05, 4.69) is 9.97 Å². The summed E-state index contributed by atoms with van der Waals surface area (Å²) in [5.41, 5.74) is 1.15. The molecule has 0 saturated carbocycles. The van der Waals surface area contributed by atoms with Gasteiger partial charge in [-0.15, -0.1) is 0 Å². The summed E-state index contributed by atoms with van der Waals surface area (Å²) in [6.07, 6.45) is 1.96. The Kier molecular flexibility index (Phi) is 5.82. The molecule has 9 nitrogen and oxygen atoms in total. The summed E-state index contributed by atoms with van der Waals surface area (Å²) in [5.74, 6) is -0.899. The Hall–Kier alpha value is -2.98. The van der Waals surface area contributed by atoms with E-state index in [0.717, 1.165) is 13.8 Å². The van der Waals surface area contributed by atoms with Crippen LogP contribution in [0.15, 0.2) is 30.5 Å². The highest BCUT2D eigenvalue weighted by atomic mass is 32.2. The molecule has 10 heteroatoms. The molecule has 3 rings (SSSR count). The second-order valence-electron chi connectivity index (χ2n) is 7.18. The molecule has 0 atom stereocenters. The van der Waals surface area contributed by atoms with Crippen molar-refractivity contribution in [3.8, 4) is 17.3 Å². The number of fused-ring (bicyclic) bond motifs is 1. The number of aromatic nitrogens is 3. The van der Waals surface area contributed by atoms with Gasteiger partial charge in [-0.05, 0) is 44.0 Å². The molecule has 0 saturated heterocycles. The Bertz CT molecular complexity index is 1220. The lowest BCUT2D eigenvalue weighted by Gasteiger charge is -2.16. The molecule has 2 aromatic heterocycles. The molecule has 3 aromatic rings. The monoisotopic (exact) mass is 432 g/mol. The number of carboxylic acids is 1. The van der Waals surface area contributed by atoms with Crippen molar-refractivity contribution >= 4 is 27.2 Å². The van der Waals surface area contributed by atoms with Crippen molar-refractivity contribution in [2.75, 3.05) is 14.1 Å². The SMILES string of the molecule is CCc1cnc(-c2nc3c(OC(C)C)cccc3n2S(=O)(=O)N(C)C)c(C(=O)O)c1. The highest BCUT2D eigenvalue weighted by Gasteiger charge is 2.29. The smallest absolute Gasteiger partial charge is 0.338 e. The number of hydrogen-bond donors (Lipinski definition) is 1. The molecular formula is C20H24N4O5S. The van der Waals surface area contributed by atoms with Crippen LogP contribution in [0.2, 0.25) is 0 Å². The second kappa shape index (κ2) is 8.04. The Balaban J connectivity index is 2.44. The van der Waals surface area contributed by atoms with E-state index >= 15 is 0 Å². The molecule has 30 heavy (non-hydrogen) atoms. The molecule has 0 aliphatic heterocycles. The third-order valence-corrected chi connectivity index (χ3v) is 6.21. The fourth-order valence-corrected chi connectivity index (χ4v) is 4.06. The lowest BCUT2D eigenvalue weighted by atomic mass is 10.1. The number of hydrogen-bond acceptors (Lipinski definition) is 6. The number of carbonyl (C=O) groups is 1. The predicted molar refractivity (Wildman–Crippen MR) is 113 cm³/mol. The van der Waals surface area contributed by atoms with E-state index in [-0.39, 0.29) is 28.7 Å². The topological polar surface area (TPSA) is 115 Å². The van der Waals surface area contributed by atoms with Crippen LogP contribution in [0.5, 0.6) is 5.75 Å². The molecular weight excluding hydrogens is 408 g/mol. The Morgan fingerprint density at radius 2 is 2.00 bits per heavy atom. The number of benzene rings is 1. The molecule has 160 valence electrons. The van der Waals surface area contributed by atoms with E-state index in [1.165, 1.54) is 26.4 Å². The summed E-state index contributed by atoms with van der Waals surface area (Å²) in [4.78, 5) is 20.7. The molecule has 0 fully saturated rings. The van der Waals surface area contributed by atoms with E-state index in [4.69, 9.17) is 4.74 Å². The maximum Gasteiger partial charge on any atom is 0.338 e. The van der Waals surface area contributed by atoms with Crippen LogP contribution in [0.1, 0.15) is 36.7 Å². The largest absolute Gasteiger partial charge is 0.489 e. The van der Waals surface area contributed by atoms with Crippen molar-refractivity contribution in [2.24, 2.45) is 0 Å². The minimum absolute atomic E-state index is 0.0307. The highest BCUT2D eigenvalue weighted by molar-refractivity contribution is 7.87. The van der Waals surface area contributed by atoms with Gasteiger partial charge in [-0.3, -0.25) is 4.98 Å². The summed E-state index contributed by atoms with van der Waals surface area (Å²) in [7, 11) is -1.26. The van der Waals surface area contributed by atoms with Gasteiger partial charge in [0.05, 0.1) is 17.2 Å². The van der Waals surface area contributed by atoms with Crippen molar-refractivity contribution in [1.29, 1.82) is 0 Å². The zero-order valence-corrected chi connectivity index (χ0v) is 18.3. The summed E-state index contributed by atoms with van der Waals surface area (Å²) >= 11 is 0. The van der Waals surface area contributed by atoms with Crippen LogP contribution in [0.3, 0.4) is 0 Å². The van der Waals surface area contributed by atoms with E-state index in [0.29, 0.717) is 17.7 Å². The first kappa shape index (κ1) is 21.7. The van der Waals surface area contributed by atoms with Crippen molar-refractivity contribution in [3.63, 3.8) is 0 Å². The van der Waals surface area contributed by atoms with Crippen molar-refractivity contribution in [2.45, 2.75) is 33.3 Å². The van der Waals surface area contributed by atoms with E-state index in [1.54, 1.807) is 18.2 Å². The van der Waals surface area contributed by atoms with Gasteiger partial charge in [0.2, 0.25) is 0 Å². The number of rotatable bonds is 7. The maximum absolute atomic E-state index is 13.2. The number of aromatic carboxylic acids is 1. The summed E-state index contributed by atoms with van der Waals surface area (Å²) in [5, 5.41) is 9.74. The van der Waals surface area contributed by atoms with Gasteiger partial charge in [0.15, 0.2) is 5.82 Å². The van der Waals surface area contributed by atoms with Gasteiger partial charge in [0.25, 0.3) is 0 Å². The summed E-state index contributed by atoms with van der Waals surface area (Å²) in [6.45, 7) is 5.57. The Morgan fingerprint density at radius 3 is 2.57 bits per heavy atom. The Labute approximate surface area is 175 Å². The molecule has 1 N–H and O–H groups in total. The molecule has 0 amide bonds. The number of imidazole rings is 1. The van der Waals surface area contributed by atoms with Gasteiger partial charge in [-0.2, -0.15) is 12.7 Å². The number of aryl methyl sites for hydroxylation is 1. The summed E-state index contributed by atoms with van der Waals surface area (Å²) < 4.78 is 34.2. The number of pyridine rings is 1. The zero-order chi connectivity index (χ0) is 22.2. The van der Waals surface area contributed by atoms with Crippen LogP contribution in [0.25, 0.3) is 22.6 Å². The fourth-order valence-electron chi connectivity index (χ4n) is 2.99. The molecule has 0 unspecified atom stereocenters. The van der Waals surface area contributed by atoms with Crippen LogP contribution >= 0.6 is 0 Å².